The van der Waals surface area contributed by atoms with Crippen LogP contribution < -0.4 is 5.32 Å². The molecule has 0 saturated carbocycles. The monoisotopic (exact) mass is 299 g/mol. The molecule has 1 aliphatic rings. The fraction of sp³-hybridized carbons (Fsp3) is 0.133. The van der Waals surface area contributed by atoms with Crippen molar-refractivity contribution in [1.29, 1.82) is 0 Å². The highest BCUT2D eigenvalue weighted by atomic mass is 32.1. The van der Waals surface area contributed by atoms with Gasteiger partial charge in [0, 0.05) is 11.1 Å². The first kappa shape index (κ1) is 13.5. The summed E-state index contributed by atoms with van der Waals surface area (Å²) in [6.07, 6.45) is 0. The van der Waals surface area contributed by atoms with Gasteiger partial charge >= 0.3 is 5.97 Å². The van der Waals surface area contributed by atoms with Crippen LogP contribution in [0.15, 0.2) is 57.5 Å². The van der Waals surface area contributed by atoms with Crippen molar-refractivity contribution in [3.8, 4) is 0 Å². The summed E-state index contributed by atoms with van der Waals surface area (Å²) in [6, 6.07) is 8.89. The molecule has 0 radical (unpaired) electrons. The predicted octanol–water partition coefficient (Wildman–Crippen LogP) is 2.59. The van der Waals surface area contributed by atoms with Crippen LogP contribution in [0.4, 0.5) is 0 Å². The molecule has 1 unspecified atom stereocenters. The van der Waals surface area contributed by atoms with E-state index in [1.807, 2.05) is 35.7 Å². The zero-order valence-corrected chi connectivity index (χ0v) is 12.1. The van der Waals surface area contributed by atoms with Crippen LogP contribution in [-0.2, 0) is 4.79 Å². The maximum atomic E-state index is 11.6. The zero-order chi connectivity index (χ0) is 14.8. The second-order valence-electron chi connectivity index (χ2n) is 4.63. The van der Waals surface area contributed by atoms with Crippen molar-refractivity contribution in [3.05, 3.63) is 63.7 Å². The summed E-state index contributed by atoms with van der Waals surface area (Å²) in [5.41, 5.74) is 4.16. The van der Waals surface area contributed by atoms with Crippen LogP contribution in [0.1, 0.15) is 24.2 Å². The van der Waals surface area contributed by atoms with E-state index in [1.165, 1.54) is 11.3 Å². The van der Waals surface area contributed by atoms with Gasteiger partial charge in [-0.25, -0.2) is 9.78 Å². The van der Waals surface area contributed by atoms with E-state index in [0.717, 1.165) is 11.3 Å². The third kappa shape index (κ3) is 2.57. The number of rotatable bonds is 3. The van der Waals surface area contributed by atoms with E-state index in [2.05, 4.69) is 15.3 Å². The van der Waals surface area contributed by atoms with E-state index in [0.29, 0.717) is 11.5 Å². The Morgan fingerprint density at radius 2 is 2.10 bits per heavy atom. The van der Waals surface area contributed by atoms with Crippen LogP contribution in [0.5, 0.6) is 0 Å². The van der Waals surface area contributed by atoms with E-state index < -0.39 is 12.0 Å². The third-order valence-corrected chi connectivity index (χ3v) is 3.85. The minimum Gasteiger partial charge on any atom is -0.478 e. The summed E-state index contributed by atoms with van der Waals surface area (Å²) in [5, 5.41) is 14.4. The molecule has 0 aliphatic carbocycles. The maximum Gasteiger partial charge on any atom is 0.335 e. The number of aromatic nitrogens is 1. The van der Waals surface area contributed by atoms with Gasteiger partial charge in [0.1, 0.15) is 11.7 Å². The number of allylic oxidation sites excluding steroid dienone is 1. The number of carboxylic acids is 1. The Hall–Kier alpha value is -2.47. The normalized spacial score (nSPS) is 18.1. The Morgan fingerprint density at radius 3 is 2.71 bits per heavy atom. The fourth-order valence-electron chi connectivity index (χ4n) is 2.29. The fourth-order valence-corrected chi connectivity index (χ4v) is 2.83. The lowest BCUT2D eigenvalue weighted by atomic mass is 9.96. The van der Waals surface area contributed by atoms with Crippen LogP contribution in [-0.4, -0.2) is 21.9 Å². The molecule has 1 atom stereocenters. The maximum absolute atomic E-state index is 11.6. The van der Waals surface area contributed by atoms with Crippen LogP contribution in [0, 0.1) is 0 Å². The third-order valence-electron chi connectivity index (χ3n) is 3.26. The van der Waals surface area contributed by atoms with Gasteiger partial charge in [-0.1, -0.05) is 30.3 Å². The molecule has 106 valence electrons. The standard InChI is InChI=1S/C15H13N3O2S/c1-9-12(15(19)20)13(10-5-3-2-4-6-10)18-14(17-9)11-7-21-8-16-11/h2-8,13H,1H3,(H,17,18)(H,19,20). The number of thiazole rings is 1. The Kier molecular flexibility index (Phi) is 3.53. The van der Waals surface area contributed by atoms with Crippen molar-refractivity contribution in [3.63, 3.8) is 0 Å². The van der Waals surface area contributed by atoms with E-state index in [9.17, 15) is 9.90 Å². The Balaban J connectivity index is 2.09. The van der Waals surface area contributed by atoms with Crippen molar-refractivity contribution in [2.24, 2.45) is 4.99 Å². The lowest BCUT2D eigenvalue weighted by Crippen LogP contribution is -2.32. The van der Waals surface area contributed by atoms with Gasteiger partial charge in [-0.2, -0.15) is 0 Å². The first-order chi connectivity index (χ1) is 10.2. The molecular weight excluding hydrogens is 286 g/mol. The second kappa shape index (κ2) is 5.49. The number of amidine groups is 1. The predicted molar refractivity (Wildman–Crippen MR) is 81.3 cm³/mol. The molecule has 5 nitrogen and oxygen atoms in total. The molecular formula is C15H13N3O2S. The molecule has 1 aromatic heterocycles. The zero-order valence-electron chi connectivity index (χ0n) is 11.3. The van der Waals surface area contributed by atoms with Crippen LogP contribution in [0.2, 0.25) is 0 Å². The van der Waals surface area contributed by atoms with Gasteiger partial charge in [-0.15, -0.1) is 11.3 Å². The summed E-state index contributed by atoms with van der Waals surface area (Å²) in [4.78, 5) is 20.3. The molecule has 1 aliphatic heterocycles. The Bertz CT molecular complexity index is 721. The lowest BCUT2D eigenvalue weighted by molar-refractivity contribution is -0.133. The molecule has 21 heavy (non-hydrogen) atoms. The minimum atomic E-state index is -0.963. The first-order valence-electron chi connectivity index (χ1n) is 6.39. The average Bonchev–Trinajstić information content (AvgIpc) is 3.01. The molecule has 6 heteroatoms. The molecule has 2 heterocycles. The molecule has 0 fully saturated rings. The Morgan fingerprint density at radius 1 is 1.33 bits per heavy atom. The number of carbonyl (C=O) groups is 1. The van der Waals surface area contributed by atoms with Crippen molar-refractivity contribution < 1.29 is 9.90 Å². The smallest absolute Gasteiger partial charge is 0.335 e. The molecule has 3 rings (SSSR count). The van der Waals surface area contributed by atoms with Crippen LogP contribution in [0.25, 0.3) is 0 Å². The van der Waals surface area contributed by atoms with E-state index in [4.69, 9.17) is 0 Å². The summed E-state index contributed by atoms with van der Waals surface area (Å²) >= 11 is 1.47. The number of aliphatic imine (C=N–C) groups is 1. The van der Waals surface area contributed by atoms with Crippen LogP contribution >= 0.6 is 11.3 Å². The van der Waals surface area contributed by atoms with Gasteiger partial charge in [-0.3, -0.25) is 4.99 Å². The topological polar surface area (TPSA) is 74.6 Å². The van der Waals surface area contributed by atoms with E-state index >= 15 is 0 Å². The molecule has 0 saturated heterocycles. The van der Waals surface area contributed by atoms with Crippen molar-refractivity contribution >= 4 is 23.1 Å². The summed E-state index contributed by atoms with van der Waals surface area (Å²) in [6.45, 7) is 1.75. The van der Waals surface area contributed by atoms with Gasteiger partial charge in [-0.05, 0) is 12.5 Å². The van der Waals surface area contributed by atoms with Crippen molar-refractivity contribution in [2.75, 3.05) is 0 Å². The molecule has 0 bridgehead atoms. The molecule has 0 spiro atoms. The van der Waals surface area contributed by atoms with Crippen LogP contribution in [0.3, 0.4) is 0 Å². The quantitative estimate of drug-likeness (QED) is 0.913. The molecule has 0 amide bonds. The van der Waals surface area contributed by atoms with Gasteiger partial charge in [0.05, 0.1) is 11.1 Å². The lowest BCUT2D eigenvalue weighted by Gasteiger charge is -2.24. The number of nitrogens with zero attached hydrogens (tertiary/aromatic N) is 2. The molecule has 2 aromatic rings. The highest BCUT2D eigenvalue weighted by Gasteiger charge is 2.29. The number of carboxylic acid groups (broad SMARTS) is 1. The largest absolute Gasteiger partial charge is 0.478 e. The molecule has 2 N–H and O–H groups in total. The van der Waals surface area contributed by atoms with Gasteiger partial charge in [0.15, 0.2) is 5.84 Å². The number of hydrogen-bond donors (Lipinski definition) is 2. The number of aliphatic carboxylic acids is 1. The summed E-state index contributed by atoms with van der Waals surface area (Å²) < 4.78 is 0. The van der Waals surface area contributed by atoms with Gasteiger partial charge in [0.2, 0.25) is 0 Å². The van der Waals surface area contributed by atoms with E-state index in [1.54, 1.807) is 12.4 Å². The summed E-state index contributed by atoms with van der Waals surface area (Å²) in [5.74, 6) is -0.359. The minimum absolute atomic E-state index is 0.264. The van der Waals surface area contributed by atoms with Gasteiger partial charge in [0.25, 0.3) is 0 Å². The number of nitrogens with one attached hydrogen (secondary N) is 1. The van der Waals surface area contributed by atoms with Crippen molar-refractivity contribution in [1.82, 2.24) is 10.3 Å². The second-order valence-corrected chi connectivity index (χ2v) is 5.35. The average molecular weight is 299 g/mol. The number of hydrogen-bond acceptors (Lipinski definition) is 5. The SMILES string of the molecule is CC1=C(C(=O)O)C(c2ccccc2)N=C(c2cscn2)N1. The highest BCUT2D eigenvalue weighted by molar-refractivity contribution is 7.07. The van der Waals surface area contributed by atoms with Gasteiger partial charge < -0.3 is 10.4 Å². The highest BCUT2D eigenvalue weighted by Crippen LogP contribution is 2.31. The van der Waals surface area contributed by atoms with E-state index in [-0.39, 0.29) is 5.57 Å². The molecule has 1 aromatic carbocycles. The Labute approximate surface area is 125 Å². The number of benzene rings is 1. The van der Waals surface area contributed by atoms with Crippen molar-refractivity contribution in [2.45, 2.75) is 13.0 Å². The summed E-state index contributed by atoms with van der Waals surface area (Å²) in [7, 11) is 0. The first-order valence-corrected chi connectivity index (χ1v) is 7.33.